The highest BCUT2D eigenvalue weighted by Crippen LogP contribution is 2.37. The summed E-state index contributed by atoms with van der Waals surface area (Å²) in [7, 11) is 0. The van der Waals surface area contributed by atoms with Crippen molar-refractivity contribution in [3.63, 3.8) is 0 Å². The van der Waals surface area contributed by atoms with E-state index < -0.39 is 0 Å². The van der Waals surface area contributed by atoms with Crippen LogP contribution in [0.4, 0.5) is 0 Å². The average Bonchev–Trinajstić information content (AvgIpc) is 2.72. The second-order valence-electron chi connectivity index (χ2n) is 4.90. The predicted molar refractivity (Wildman–Crippen MR) is 67.6 cm³/mol. The quantitative estimate of drug-likeness (QED) is 0.840. The van der Waals surface area contributed by atoms with Crippen molar-refractivity contribution in [3.05, 3.63) is 29.6 Å². The SMILES string of the molecule is CCNC(C)C(C)C1CCc2cccnc21. The van der Waals surface area contributed by atoms with Crippen LogP contribution in [0.15, 0.2) is 18.3 Å². The zero-order chi connectivity index (χ0) is 11.5. The zero-order valence-electron chi connectivity index (χ0n) is 10.5. The highest BCUT2D eigenvalue weighted by molar-refractivity contribution is 5.29. The van der Waals surface area contributed by atoms with Gasteiger partial charge in [-0.25, -0.2) is 0 Å². The van der Waals surface area contributed by atoms with Crippen molar-refractivity contribution in [2.24, 2.45) is 5.92 Å². The average molecular weight is 218 g/mol. The van der Waals surface area contributed by atoms with E-state index in [9.17, 15) is 0 Å². The van der Waals surface area contributed by atoms with E-state index in [2.05, 4.69) is 43.2 Å². The van der Waals surface area contributed by atoms with Gasteiger partial charge in [-0.05, 0) is 43.9 Å². The van der Waals surface area contributed by atoms with Crippen LogP contribution < -0.4 is 5.32 Å². The maximum atomic E-state index is 4.58. The fourth-order valence-corrected chi connectivity index (χ4v) is 2.81. The summed E-state index contributed by atoms with van der Waals surface area (Å²) < 4.78 is 0. The lowest BCUT2D eigenvalue weighted by Crippen LogP contribution is -2.34. The van der Waals surface area contributed by atoms with Gasteiger partial charge in [0.2, 0.25) is 0 Å². The third-order valence-corrected chi connectivity index (χ3v) is 3.95. The summed E-state index contributed by atoms with van der Waals surface area (Å²) in [6.07, 6.45) is 4.40. The number of aryl methyl sites for hydroxylation is 1. The summed E-state index contributed by atoms with van der Waals surface area (Å²) >= 11 is 0. The monoisotopic (exact) mass is 218 g/mol. The van der Waals surface area contributed by atoms with Gasteiger partial charge in [0.15, 0.2) is 0 Å². The van der Waals surface area contributed by atoms with E-state index in [4.69, 9.17) is 0 Å². The molecule has 1 heterocycles. The Kier molecular flexibility index (Phi) is 3.59. The van der Waals surface area contributed by atoms with Crippen molar-refractivity contribution in [1.82, 2.24) is 10.3 Å². The van der Waals surface area contributed by atoms with Crippen molar-refractivity contribution < 1.29 is 0 Å². The third kappa shape index (κ3) is 2.12. The molecule has 0 radical (unpaired) electrons. The molecule has 3 atom stereocenters. The minimum atomic E-state index is 0.572. The van der Waals surface area contributed by atoms with Gasteiger partial charge in [0, 0.05) is 23.9 Å². The van der Waals surface area contributed by atoms with Crippen molar-refractivity contribution in [2.75, 3.05) is 6.54 Å². The molecule has 0 saturated carbocycles. The molecule has 0 spiro atoms. The second-order valence-corrected chi connectivity index (χ2v) is 4.90. The number of aromatic nitrogens is 1. The molecule has 1 N–H and O–H groups in total. The molecule has 1 aliphatic carbocycles. The van der Waals surface area contributed by atoms with Crippen LogP contribution in [0, 0.1) is 5.92 Å². The first kappa shape index (κ1) is 11.6. The summed E-state index contributed by atoms with van der Waals surface area (Å²) in [5.41, 5.74) is 2.81. The fourth-order valence-electron chi connectivity index (χ4n) is 2.81. The van der Waals surface area contributed by atoms with Gasteiger partial charge in [-0.1, -0.05) is 19.9 Å². The molecule has 0 aromatic carbocycles. The molecule has 1 aromatic heterocycles. The molecule has 0 amide bonds. The van der Waals surface area contributed by atoms with Crippen LogP contribution in [0.2, 0.25) is 0 Å². The van der Waals surface area contributed by atoms with Gasteiger partial charge in [0.05, 0.1) is 0 Å². The van der Waals surface area contributed by atoms with Crippen LogP contribution in [0.5, 0.6) is 0 Å². The molecule has 1 aromatic rings. The van der Waals surface area contributed by atoms with Crippen molar-refractivity contribution in [2.45, 2.75) is 45.6 Å². The Morgan fingerprint density at radius 1 is 1.50 bits per heavy atom. The molecular formula is C14H22N2. The lowest BCUT2D eigenvalue weighted by molar-refractivity contribution is 0.342. The maximum Gasteiger partial charge on any atom is 0.0469 e. The molecular weight excluding hydrogens is 196 g/mol. The number of rotatable bonds is 4. The topological polar surface area (TPSA) is 24.9 Å². The largest absolute Gasteiger partial charge is 0.314 e. The van der Waals surface area contributed by atoms with Gasteiger partial charge >= 0.3 is 0 Å². The molecule has 2 nitrogen and oxygen atoms in total. The highest BCUT2D eigenvalue weighted by atomic mass is 14.9. The summed E-state index contributed by atoms with van der Waals surface area (Å²) in [4.78, 5) is 4.58. The second kappa shape index (κ2) is 4.96. The fraction of sp³-hybridized carbons (Fsp3) is 0.643. The summed E-state index contributed by atoms with van der Waals surface area (Å²) in [6.45, 7) is 7.86. The van der Waals surface area contributed by atoms with Gasteiger partial charge in [0.1, 0.15) is 0 Å². The Bertz CT molecular complexity index is 348. The van der Waals surface area contributed by atoms with E-state index in [0.29, 0.717) is 17.9 Å². The Balaban J connectivity index is 2.12. The first-order chi connectivity index (χ1) is 7.74. The maximum absolute atomic E-state index is 4.58. The molecule has 0 aliphatic heterocycles. The van der Waals surface area contributed by atoms with E-state index >= 15 is 0 Å². The van der Waals surface area contributed by atoms with Crippen molar-refractivity contribution in [3.8, 4) is 0 Å². The van der Waals surface area contributed by atoms with Gasteiger partial charge in [-0.2, -0.15) is 0 Å². The molecule has 0 bridgehead atoms. The molecule has 0 saturated heterocycles. The zero-order valence-corrected chi connectivity index (χ0v) is 10.5. The van der Waals surface area contributed by atoms with Crippen LogP contribution in [-0.4, -0.2) is 17.6 Å². The smallest absolute Gasteiger partial charge is 0.0469 e. The summed E-state index contributed by atoms with van der Waals surface area (Å²) in [6, 6.07) is 4.86. The van der Waals surface area contributed by atoms with Gasteiger partial charge < -0.3 is 5.32 Å². The van der Waals surface area contributed by atoms with Crippen LogP contribution >= 0.6 is 0 Å². The minimum Gasteiger partial charge on any atom is -0.314 e. The predicted octanol–water partition coefficient (Wildman–Crippen LogP) is 2.75. The molecule has 16 heavy (non-hydrogen) atoms. The van der Waals surface area contributed by atoms with Gasteiger partial charge in [-0.3, -0.25) is 4.98 Å². The number of nitrogens with zero attached hydrogens (tertiary/aromatic N) is 1. The van der Waals surface area contributed by atoms with Crippen LogP contribution in [0.1, 0.15) is 44.4 Å². The van der Waals surface area contributed by atoms with E-state index in [1.54, 1.807) is 0 Å². The number of nitrogens with one attached hydrogen (secondary N) is 1. The molecule has 2 heteroatoms. The lowest BCUT2D eigenvalue weighted by Gasteiger charge is -2.26. The molecule has 3 unspecified atom stereocenters. The minimum absolute atomic E-state index is 0.572. The highest BCUT2D eigenvalue weighted by Gasteiger charge is 2.30. The van der Waals surface area contributed by atoms with Crippen molar-refractivity contribution >= 4 is 0 Å². The Hall–Kier alpha value is -0.890. The van der Waals surface area contributed by atoms with E-state index in [-0.39, 0.29) is 0 Å². The number of hydrogen-bond donors (Lipinski definition) is 1. The van der Waals surface area contributed by atoms with Gasteiger partial charge in [-0.15, -0.1) is 0 Å². The Morgan fingerprint density at radius 3 is 3.06 bits per heavy atom. The number of fused-ring (bicyclic) bond motifs is 1. The number of hydrogen-bond acceptors (Lipinski definition) is 2. The Morgan fingerprint density at radius 2 is 2.31 bits per heavy atom. The molecule has 88 valence electrons. The van der Waals surface area contributed by atoms with Crippen LogP contribution in [-0.2, 0) is 6.42 Å². The first-order valence-corrected chi connectivity index (χ1v) is 6.41. The van der Waals surface area contributed by atoms with E-state index in [0.717, 1.165) is 6.54 Å². The van der Waals surface area contributed by atoms with Crippen LogP contribution in [0.25, 0.3) is 0 Å². The lowest BCUT2D eigenvalue weighted by atomic mass is 9.86. The summed E-state index contributed by atoms with van der Waals surface area (Å²) in [5, 5.41) is 3.53. The third-order valence-electron chi connectivity index (χ3n) is 3.95. The summed E-state index contributed by atoms with van der Waals surface area (Å²) in [5.74, 6) is 1.31. The van der Waals surface area contributed by atoms with E-state index in [1.807, 2.05) is 6.20 Å². The molecule has 2 rings (SSSR count). The molecule has 0 fully saturated rings. The molecule has 1 aliphatic rings. The first-order valence-electron chi connectivity index (χ1n) is 6.41. The Labute approximate surface area is 98.5 Å². The van der Waals surface area contributed by atoms with Gasteiger partial charge in [0.25, 0.3) is 0 Å². The van der Waals surface area contributed by atoms with Crippen LogP contribution in [0.3, 0.4) is 0 Å². The van der Waals surface area contributed by atoms with Crippen molar-refractivity contribution in [1.29, 1.82) is 0 Å². The standard InChI is InChI=1S/C14H22N2/c1-4-15-11(3)10(2)13-8-7-12-6-5-9-16-14(12)13/h5-6,9-11,13,15H,4,7-8H2,1-3H3. The normalized spacial score (nSPS) is 22.8. The number of pyridine rings is 1. The van der Waals surface area contributed by atoms with E-state index in [1.165, 1.54) is 24.1 Å².